The van der Waals surface area contributed by atoms with Gasteiger partial charge in [-0.1, -0.05) is 23.7 Å². The van der Waals surface area contributed by atoms with E-state index in [0.717, 1.165) is 10.4 Å². The molecule has 0 radical (unpaired) electrons. The number of carbonyl (C=O) groups excluding carboxylic acids is 3. The van der Waals surface area contributed by atoms with E-state index in [-0.39, 0.29) is 0 Å². The lowest BCUT2D eigenvalue weighted by molar-refractivity contribution is -0.127. The molecule has 120 valence electrons. The molecule has 3 N–H and O–H groups in total. The first-order chi connectivity index (χ1) is 10.9. The fraction of sp³-hybridized carbons (Fsp3) is 0.133. The van der Waals surface area contributed by atoms with Crippen molar-refractivity contribution >= 4 is 40.8 Å². The first-order valence-electron chi connectivity index (χ1n) is 6.54. The maximum absolute atomic E-state index is 12.0. The molecule has 23 heavy (non-hydrogen) atoms. The fourth-order valence-corrected chi connectivity index (χ4v) is 2.73. The molecule has 0 aliphatic heterocycles. The second kappa shape index (κ2) is 7.26. The van der Waals surface area contributed by atoms with Crippen molar-refractivity contribution in [2.45, 2.75) is 13.0 Å². The van der Waals surface area contributed by atoms with Crippen LogP contribution in [0.15, 0.2) is 36.4 Å². The second-order valence-corrected chi connectivity index (χ2v) is 6.09. The van der Waals surface area contributed by atoms with E-state index >= 15 is 0 Å². The Kier molecular flexibility index (Phi) is 5.36. The zero-order valence-electron chi connectivity index (χ0n) is 12.0. The molecule has 0 saturated heterocycles. The predicted octanol–water partition coefficient (Wildman–Crippen LogP) is 2.81. The van der Waals surface area contributed by atoms with Crippen LogP contribution >= 0.6 is 22.9 Å². The number of ether oxygens (including phenoxy) is 1. The van der Waals surface area contributed by atoms with Crippen LogP contribution in [-0.4, -0.2) is 24.0 Å². The number of hydrogen-bond acceptors (Lipinski definition) is 5. The zero-order valence-corrected chi connectivity index (χ0v) is 13.6. The summed E-state index contributed by atoms with van der Waals surface area (Å²) in [6.45, 7) is 1.35. The molecule has 1 unspecified atom stereocenters. The maximum atomic E-state index is 12.0. The van der Waals surface area contributed by atoms with Crippen LogP contribution in [0.25, 0.3) is 10.4 Å². The minimum Gasteiger partial charge on any atom is -0.448 e. The zero-order chi connectivity index (χ0) is 17.0. The van der Waals surface area contributed by atoms with Crippen LogP contribution in [0.3, 0.4) is 0 Å². The number of rotatable bonds is 4. The molecule has 0 fully saturated rings. The maximum Gasteiger partial charge on any atom is 0.349 e. The normalized spacial score (nSPS) is 11.6. The van der Waals surface area contributed by atoms with Gasteiger partial charge >= 0.3 is 12.0 Å². The third-order valence-electron chi connectivity index (χ3n) is 2.84. The molecule has 0 spiro atoms. The fourth-order valence-electron chi connectivity index (χ4n) is 1.71. The Labute approximate surface area is 141 Å². The molecule has 1 aromatic carbocycles. The molecule has 0 aliphatic rings. The Morgan fingerprint density at radius 2 is 1.83 bits per heavy atom. The summed E-state index contributed by atoms with van der Waals surface area (Å²) in [5.41, 5.74) is 5.75. The van der Waals surface area contributed by atoms with Crippen LogP contribution < -0.4 is 11.1 Å². The number of primary amides is 1. The Bertz CT molecular complexity index is 742. The molecule has 6 nitrogen and oxygen atoms in total. The van der Waals surface area contributed by atoms with E-state index in [1.807, 2.05) is 17.4 Å². The SMILES string of the molecule is CC(OC(=O)c1ccc(-c2ccc(Cl)cc2)s1)C(=O)NC(N)=O. The molecule has 0 saturated carbocycles. The number of thiophene rings is 1. The molecule has 1 aromatic heterocycles. The summed E-state index contributed by atoms with van der Waals surface area (Å²) in [6.07, 6.45) is -1.13. The molecular formula is C15H13ClN2O4S. The van der Waals surface area contributed by atoms with Gasteiger partial charge in [0.25, 0.3) is 5.91 Å². The molecule has 3 amide bonds. The molecule has 2 rings (SSSR count). The number of nitrogens with two attached hydrogens (primary N) is 1. The molecule has 0 aliphatic carbocycles. The van der Waals surface area contributed by atoms with Crippen molar-refractivity contribution in [2.24, 2.45) is 5.73 Å². The van der Waals surface area contributed by atoms with Gasteiger partial charge in [0.15, 0.2) is 6.10 Å². The standard InChI is InChI=1S/C15H13ClN2O4S/c1-8(13(19)18-15(17)21)22-14(20)12-7-6-11(23-12)9-2-4-10(16)5-3-9/h2-8H,1H3,(H3,17,18,19,21). The lowest BCUT2D eigenvalue weighted by Crippen LogP contribution is -2.42. The van der Waals surface area contributed by atoms with Crippen LogP contribution in [0.1, 0.15) is 16.6 Å². The molecule has 0 bridgehead atoms. The van der Waals surface area contributed by atoms with Gasteiger partial charge in [0.05, 0.1) is 0 Å². The molecular weight excluding hydrogens is 340 g/mol. The van der Waals surface area contributed by atoms with Crippen molar-refractivity contribution in [2.75, 3.05) is 0 Å². The van der Waals surface area contributed by atoms with Crippen molar-refractivity contribution in [1.82, 2.24) is 5.32 Å². The summed E-state index contributed by atoms with van der Waals surface area (Å²) in [4.78, 5) is 35.3. The highest BCUT2D eigenvalue weighted by Gasteiger charge is 2.21. The van der Waals surface area contributed by atoms with Gasteiger partial charge in [-0.3, -0.25) is 10.1 Å². The highest BCUT2D eigenvalue weighted by atomic mass is 35.5. The average Bonchev–Trinajstić information content (AvgIpc) is 2.97. The van der Waals surface area contributed by atoms with Crippen molar-refractivity contribution < 1.29 is 19.1 Å². The third-order valence-corrected chi connectivity index (χ3v) is 4.20. The van der Waals surface area contributed by atoms with Gasteiger partial charge in [0.2, 0.25) is 0 Å². The summed E-state index contributed by atoms with van der Waals surface area (Å²) < 4.78 is 5.00. The van der Waals surface area contributed by atoms with Gasteiger partial charge in [-0.05, 0) is 36.8 Å². The molecule has 8 heteroatoms. The minimum absolute atomic E-state index is 0.341. The second-order valence-electron chi connectivity index (χ2n) is 4.57. The van der Waals surface area contributed by atoms with Crippen LogP contribution in [0.2, 0.25) is 5.02 Å². The summed E-state index contributed by atoms with van der Waals surface area (Å²) in [5, 5.41) is 2.47. The smallest absolute Gasteiger partial charge is 0.349 e. The van der Waals surface area contributed by atoms with Gasteiger partial charge in [-0.15, -0.1) is 11.3 Å². The lowest BCUT2D eigenvalue weighted by atomic mass is 10.2. The number of halogens is 1. The Morgan fingerprint density at radius 1 is 1.17 bits per heavy atom. The first-order valence-corrected chi connectivity index (χ1v) is 7.73. The highest BCUT2D eigenvalue weighted by Crippen LogP contribution is 2.29. The van der Waals surface area contributed by atoms with Gasteiger partial charge in [0, 0.05) is 9.90 Å². The summed E-state index contributed by atoms with van der Waals surface area (Å²) in [7, 11) is 0. The number of nitrogens with one attached hydrogen (secondary N) is 1. The number of imide groups is 1. The summed E-state index contributed by atoms with van der Waals surface area (Å²) in [6, 6.07) is 9.57. The topological polar surface area (TPSA) is 98.5 Å². The number of benzene rings is 1. The average molecular weight is 353 g/mol. The largest absolute Gasteiger partial charge is 0.448 e. The number of amides is 3. The Balaban J connectivity index is 2.05. The number of hydrogen-bond donors (Lipinski definition) is 2. The van der Waals surface area contributed by atoms with E-state index in [2.05, 4.69) is 0 Å². The molecule has 2 aromatic rings. The molecule has 1 atom stereocenters. The van der Waals surface area contributed by atoms with E-state index in [1.54, 1.807) is 24.3 Å². The van der Waals surface area contributed by atoms with Crippen molar-refractivity contribution in [1.29, 1.82) is 0 Å². The van der Waals surface area contributed by atoms with E-state index in [9.17, 15) is 14.4 Å². The predicted molar refractivity (Wildman–Crippen MR) is 87.4 cm³/mol. The molecule has 1 heterocycles. The van der Waals surface area contributed by atoms with Gasteiger partial charge in [-0.2, -0.15) is 0 Å². The van der Waals surface area contributed by atoms with Gasteiger partial charge < -0.3 is 10.5 Å². The Morgan fingerprint density at radius 3 is 2.43 bits per heavy atom. The van der Waals surface area contributed by atoms with Crippen LogP contribution in [0, 0.1) is 0 Å². The van der Waals surface area contributed by atoms with Crippen molar-refractivity contribution in [3.05, 3.63) is 46.3 Å². The van der Waals surface area contributed by atoms with E-state index in [0.29, 0.717) is 9.90 Å². The third kappa shape index (κ3) is 4.54. The minimum atomic E-state index is -1.13. The van der Waals surface area contributed by atoms with Gasteiger partial charge in [-0.25, -0.2) is 9.59 Å². The van der Waals surface area contributed by atoms with Crippen LogP contribution in [0.5, 0.6) is 0 Å². The summed E-state index contributed by atoms with van der Waals surface area (Å²) >= 11 is 7.06. The number of urea groups is 1. The van der Waals surface area contributed by atoms with E-state index in [4.69, 9.17) is 22.1 Å². The van der Waals surface area contributed by atoms with E-state index in [1.165, 1.54) is 18.3 Å². The number of esters is 1. The first kappa shape index (κ1) is 17.0. The van der Waals surface area contributed by atoms with E-state index < -0.39 is 24.0 Å². The lowest BCUT2D eigenvalue weighted by Gasteiger charge is -2.10. The van der Waals surface area contributed by atoms with Gasteiger partial charge in [0.1, 0.15) is 4.88 Å². The van der Waals surface area contributed by atoms with Crippen molar-refractivity contribution in [3.8, 4) is 10.4 Å². The van der Waals surface area contributed by atoms with Crippen LogP contribution in [0.4, 0.5) is 4.79 Å². The van der Waals surface area contributed by atoms with Crippen LogP contribution in [-0.2, 0) is 9.53 Å². The quantitative estimate of drug-likeness (QED) is 0.826. The number of carbonyl (C=O) groups is 3. The summed E-state index contributed by atoms with van der Waals surface area (Å²) in [5.74, 6) is -1.43. The Hall–Kier alpha value is -2.38. The highest BCUT2D eigenvalue weighted by molar-refractivity contribution is 7.17. The van der Waals surface area contributed by atoms with Crippen molar-refractivity contribution in [3.63, 3.8) is 0 Å². The monoisotopic (exact) mass is 352 g/mol.